The molecule has 0 atom stereocenters. The Balaban J connectivity index is 1.86. The second kappa shape index (κ2) is 6.31. The summed E-state index contributed by atoms with van der Waals surface area (Å²) in [6.07, 6.45) is 2.28. The lowest BCUT2D eigenvalue weighted by Crippen LogP contribution is -2.27. The summed E-state index contributed by atoms with van der Waals surface area (Å²) in [5.74, 6) is 0. The van der Waals surface area contributed by atoms with Crippen LogP contribution >= 0.6 is 0 Å². The van der Waals surface area contributed by atoms with E-state index in [1.54, 1.807) is 0 Å². The predicted octanol–water partition coefficient (Wildman–Crippen LogP) is 3.32. The second-order valence-corrected chi connectivity index (χ2v) is 5.92. The zero-order valence-corrected chi connectivity index (χ0v) is 13.0. The van der Waals surface area contributed by atoms with Crippen molar-refractivity contribution >= 4 is 5.69 Å². The average Bonchev–Trinajstić information content (AvgIpc) is 2.71. The lowest BCUT2D eigenvalue weighted by molar-refractivity contribution is 0.773. The number of benzene rings is 2. The van der Waals surface area contributed by atoms with E-state index < -0.39 is 0 Å². The van der Waals surface area contributed by atoms with Gasteiger partial charge in [0.05, 0.1) is 0 Å². The van der Waals surface area contributed by atoms with E-state index in [2.05, 4.69) is 59.6 Å². The molecule has 0 unspecified atom stereocenters. The van der Waals surface area contributed by atoms with Crippen LogP contribution in [0.4, 0.5) is 5.69 Å². The van der Waals surface area contributed by atoms with Crippen LogP contribution in [-0.4, -0.2) is 20.1 Å². The van der Waals surface area contributed by atoms with E-state index in [1.165, 1.54) is 27.9 Å². The van der Waals surface area contributed by atoms with Crippen LogP contribution in [0.3, 0.4) is 0 Å². The fourth-order valence-electron chi connectivity index (χ4n) is 3.26. The van der Waals surface area contributed by atoms with Crippen LogP contribution in [0.1, 0.15) is 22.3 Å². The topological polar surface area (TPSA) is 15.3 Å². The van der Waals surface area contributed by atoms with Crippen molar-refractivity contribution in [3.8, 4) is 0 Å². The monoisotopic (exact) mass is 280 g/mol. The number of aryl methyl sites for hydroxylation is 1. The normalized spacial score (nSPS) is 14.7. The molecule has 2 nitrogen and oxygen atoms in total. The third-order valence-electron chi connectivity index (χ3n) is 4.36. The summed E-state index contributed by atoms with van der Waals surface area (Å²) in [6, 6.07) is 15.7. The number of anilines is 1. The standard InChI is InChI=1S/C19H24N2/c1-15-7-8-19(18(13-15)14-20-2)21-11-9-16-5-3-4-6-17(16)10-12-21/h3-8,13,20H,9-12,14H2,1-2H3. The van der Waals surface area contributed by atoms with Gasteiger partial charge in [-0.1, -0.05) is 42.0 Å². The molecular formula is C19H24N2. The minimum atomic E-state index is 0.931. The maximum Gasteiger partial charge on any atom is 0.0412 e. The van der Waals surface area contributed by atoms with Gasteiger partial charge in [-0.05, 0) is 49.6 Å². The van der Waals surface area contributed by atoms with Gasteiger partial charge in [-0.15, -0.1) is 0 Å². The zero-order valence-electron chi connectivity index (χ0n) is 13.0. The minimum absolute atomic E-state index is 0.931. The SMILES string of the molecule is CNCc1cc(C)ccc1N1CCc2ccccc2CC1. The molecule has 110 valence electrons. The molecule has 2 aromatic rings. The first-order valence-corrected chi connectivity index (χ1v) is 7.84. The Hall–Kier alpha value is -1.80. The van der Waals surface area contributed by atoms with E-state index in [4.69, 9.17) is 0 Å². The van der Waals surface area contributed by atoms with Crippen molar-refractivity contribution in [3.05, 3.63) is 64.7 Å². The molecule has 1 heterocycles. The molecule has 1 aliphatic rings. The fourth-order valence-corrected chi connectivity index (χ4v) is 3.26. The molecule has 2 aromatic carbocycles. The van der Waals surface area contributed by atoms with Crippen molar-refractivity contribution in [1.82, 2.24) is 5.32 Å². The van der Waals surface area contributed by atoms with Crippen LogP contribution < -0.4 is 10.2 Å². The van der Waals surface area contributed by atoms with E-state index in [1.807, 2.05) is 7.05 Å². The number of hydrogen-bond donors (Lipinski definition) is 1. The predicted molar refractivity (Wildman–Crippen MR) is 90.0 cm³/mol. The third-order valence-corrected chi connectivity index (χ3v) is 4.36. The van der Waals surface area contributed by atoms with Gasteiger partial charge >= 0.3 is 0 Å². The van der Waals surface area contributed by atoms with Crippen molar-refractivity contribution in [3.63, 3.8) is 0 Å². The fraction of sp³-hybridized carbons (Fsp3) is 0.368. The summed E-state index contributed by atoms with van der Waals surface area (Å²) in [4.78, 5) is 2.55. The molecule has 1 aliphatic heterocycles. The van der Waals surface area contributed by atoms with Gasteiger partial charge in [0.2, 0.25) is 0 Å². The van der Waals surface area contributed by atoms with Gasteiger partial charge in [-0.3, -0.25) is 0 Å². The number of hydrogen-bond acceptors (Lipinski definition) is 2. The van der Waals surface area contributed by atoms with Gasteiger partial charge in [0.15, 0.2) is 0 Å². The Kier molecular flexibility index (Phi) is 4.26. The van der Waals surface area contributed by atoms with Crippen LogP contribution in [0.5, 0.6) is 0 Å². The number of nitrogens with zero attached hydrogens (tertiary/aromatic N) is 1. The van der Waals surface area contributed by atoms with Crippen LogP contribution in [0, 0.1) is 6.92 Å². The van der Waals surface area contributed by atoms with Crippen molar-refractivity contribution in [2.45, 2.75) is 26.3 Å². The molecule has 0 saturated heterocycles. The maximum absolute atomic E-state index is 3.30. The largest absolute Gasteiger partial charge is 0.371 e. The molecule has 0 saturated carbocycles. The lowest BCUT2D eigenvalue weighted by atomic mass is 10.0. The van der Waals surface area contributed by atoms with Crippen LogP contribution in [-0.2, 0) is 19.4 Å². The Morgan fingerprint density at radius 1 is 1.00 bits per heavy atom. The van der Waals surface area contributed by atoms with Gasteiger partial charge in [0.1, 0.15) is 0 Å². The third kappa shape index (κ3) is 3.11. The quantitative estimate of drug-likeness (QED) is 0.928. The van der Waals surface area contributed by atoms with Crippen LogP contribution in [0.2, 0.25) is 0 Å². The van der Waals surface area contributed by atoms with Gasteiger partial charge in [0.25, 0.3) is 0 Å². The molecule has 0 fully saturated rings. The molecule has 2 heteroatoms. The minimum Gasteiger partial charge on any atom is -0.371 e. The Bertz CT molecular complexity index is 592. The molecule has 1 N–H and O–H groups in total. The Labute approximate surface area is 127 Å². The van der Waals surface area contributed by atoms with Crippen molar-refractivity contribution in [2.24, 2.45) is 0 Å². The van der Waals surface area contributed by atoms with Crippen molar-refractivity contribution in [1.29, 1.82) is 0 Å². The molecule has 0 amide bonds. The summed E-state index contributed by atoms with van der Waals surface area (Å²) in [6.45, 7) is 5.31. The van der Waals surface area contributed by atoms with Gasteiger partial charge in [-0.25, -0.2) is 0 Å². The maximum atomic E-state index is 3.30. The van der Waals surface area contributed by atoms with E-state index >= 15 is 0 Å². The number of fused-ring (bicyclic) bond motifs is 1. The Morgan fingerprint density at radius 3 is 2.29 bits per heavy atom. The summed E-state index contributed by atoms with van der Waals surface area (Å²) in [5, 5.41) is 3.30. The highest BCUT2D eigenvalue weighted by molar-refractivity contribution is 5.56. The first-order chi connectivity index (χ1) is 10.3. The highest BCUT2D eigenvalue weighted by atomic mass is 15.1. The summed E-state index contributed by atoms with van der Waals surface area (Å²) in [5.41, 5.74) is 7.16. The second-order valence-electron chi connectivity index (χ2n) is 5.92. The molecule has 0 radical (unpaired) electrons. The summed E-state index contributed by atoms with van der Waals surface area (Å²) >= 11 is 0. The van der Waals surface area contributed by atoms with Gasteiger partial charge in [-0.2, -0.15) is 0 Å². The van der Waals surface area contributed by atoms with Crippen molar-refractivity contribution < 1.29 is 0 Å². The zero-order chi connectivity index (χ0) is 14.7. The lowest BCUT2D eigenvalue weighted by Gasteiger charge is -2.26. The van der Waals surface area contributed by atoms with E-state index in [0.717, 1.165) is 32.5 Å². The molecule has 3 rings (SSSR count). The Morgan fingerprint density at radius 2 is 1.67 bits per heavy atom. The molecule has 0 aromatic heterocycles. The number of nitrogens with one attached hydrogen (secondary N) is 1. The first-order valence-electron chi connectivity index (χ1n) is 7.84. The molecule has 0 aliphatic carbocycles. The summed E-state index contributed by atoms with van der Waals surface area (Å²) < 4.78 is 0. The smallest absolute Gasteiger partial charge is 0.0412 e. The first kappa shape index (κ1) is 14.2. The molecule has 0 bridgehead atoms. The van der Waals surface area contributed by atoms with Gasteiger partial charge < -0.3 is 10.2 Å². The van der Waals surface area contributed by atoms with E-state index in [0.29, 0.717) is 0 Å². The van der Waals surface area contributed by atoms with Crippen LogP contribution in [0.25, 0.3) is 0 Å². The molecular weight excluding hydrogens is 256 g/mol. The summed E-state index contributed by atoms with van der Waals surface area (Å²) in [7, 11) is 2.02. The van der Waals surface area contributed by atoms with Crippen molar-refractivity contribution in [2.75, 3.05) is 25.0 Å². The van der Waals surface area contributed by atoms with Crippen LogP contribution in [0.15, 0.2) is 42.5 Å². The molecule has 0 spiro atoms. The van der Waals surface area contributed by atoms with E-state index in [9.17, 15) is 0 Å². The molecule has 21 heavy (non-hydrogen) atoms. The van der Waals surface area contributed by atoms with E-state index in [-0.39, 0.29) is 0 Å². The number of rotatable bonds is 3. The highest BCUT2D eigenvalue weighted by Crippen LogP contribution is 2.25. The average molecular weight is 280 g/mol. The highest BCUT2D eigenvalue weighted by Gasteiger charge is 2.16. The van der Waals surface area contributed by atoms with Gasteiger partial charge in [0, 0.05) is 25.3 Å².